The van der Waals surface area contributed by atoms with Gasteiger partial charge in [0, 0.05) is 29.9 Å². The van der Waals surface area contributed by atoms with Crippen LogP contribution in [0.15, 0.2) is 35.2 Å². The summed E-state index contributed by atoms with van der Waals surface area (Å²) in [6, 6.07) is 10.9. The number of aryl methyl sites for hydroxylation is 2. The van der Waals surface area contributed by atoms with Crippen LogP contribution in [0.5, 0.6) is 0 Å². The molecule has 0 fully saturated rings. The predicted molar refractivity (Wildman–Crippen MR) is 90.5 cm³/mol. The number of hydrogen-bond acceptors (Lipinski definition) is 3. The van der Waals surface area contributed by atoms with Crippen molar-refractivity contribution in [1.29, 1.82) is 0 Å². The van der Waals surface area contributed by atoms with Gasteiger partial charge in [0.25, 0.3) is 0 Å². The van der Waals surface area contributed by atoms with Crippen molar-refractivity contribution in [2.45, 2.75) is 38.0 Å². The van der Waals surface area contributed by atoms with Gasteiger partial charge in [-0.3, -0.25) is 4.68 Å². The monoisotopic (exact) mass is 303 g/mol. The molecular formula is C17H25N3S. The second-order valence-electron chi connectivity index (χ2n) is 5.86. The number of hydrogen-bond donors (Lipinski definition) is 1. The maximum absolute atomic E-state index is 4.39. The molecule has 0 saturated heterocycles. The minimum Gasteiger partial charge on any atom is -0.312 e. The molecular weight excluding hydrogens is 278 g/mol. The quantitative estimate of drug-likeness (QED) is 0.790. The van der Waals surface area contributed by atoms with Gasteiger partial charge < -0.3 is 5.32 Å². The van der Waals surface area contributed by atoms with Crippen molar-refractivity contribution in [3.05, 3.63) is 47.3 Å². The Hall–Kier alpha value is -1.26. The number of benzene rings is 1. The van der Waals surface area contributed by atoms with Gasteiger partial charge in [-0.05, 0) is 43.1 Å². The van der Waals surface area contributed by atoms with Crippen molar-refractivity contribution in [1.82, 2.24) is 15.1 Å². The van der Waals surface area contributed by atoms with Gasteiger partial charge >= 0.3 is 0 Å². The maximum Gasteiger partial charge on any atom is 0.0596 e. The first kappa shape index (κ1) is 16.1. The summed E-state index contributed by atoms with van der Waals surface area (Å²) in [6.07, 6.45) is 0. The van der Waals surface area contributed by atoms with Crippen LogP contribution in [-0.4, -0.2) is 16.3 Å². The third-order valence-electron chi connectivity index (χ3n) is 3.27. The highest BCUT2D eigenvalue weighted by atomic mass is 32.2. The normalized spacial score (nSPS) is 11.3. The van der Waals surface area contributed by atoms with Crippen molar-refractivity contribution >= 4 is 11.8 Å². The Morgan fingerprint density at radius 3 is 2.76 bits per heavy atom. The van der Waals surface area contributed by atoms with Gasteiger partial charge in [0.05, 0.1) is 5.69 Å². The number of nitrogens with zero attached hydrogens (tertiary/aromatic N) is 2. The fraction of sp³-hybridized carbons (Fsp3) is 0.471. The van der Waals surface area contributed by atoms with E-state index in [1.807, 2.05) is 30.4 Å². The van der Waals surface area contributed by atoms with E-state index < -0.39 is 0 Å². The molecule has 4 heteroatoms. The van der Waals surface area contributed by atoms with E-state index in [0.717, 1.165) is 24.5 Å². The van der Waals surface area contributed by atoms with Crippen LogP contribution in [-0.2, 0) is 19.3 Å². The zero-order valence-electron chi connectivity index (χ0n) is 13.4. The van der Waals surface area contributed by atoms with E-state index in [9.17, 15) is 0 Å². The molecule has 0 saturated carbocycles. The summed E-state index contributed by atoms with van der Waals surface area (Å²) in [6.45, 7) is 8.50. The smallest absolute Gasteiger partial charge is 0.0596 e. The van der Waals surface area contributed by atoms with E-state index in [-0.39, 0.29) is 0 Å². The number of rotatable bonds is 7. The summed E-state index contributed by atoms with van der Waals surface area (Å²) in [4.78, 5) is 1.32. The summed E-state index contributed by atoms with van der Waals surface area (Å²) in [7, 11) is 2.01. The second-order valence-corrected chi connectivity index (χ2v) is 6.91. The van der Waals surface area contributed by atoms with Crippen molar-refractivity contribution in [2.24, 2.45) is 13.0 Å². The van der Waals surface area contributed by atoms with E-state index in [4.69, 9.17) is 0 Å². The highest BCUT2D eigenvalue weighted by molar-refractivity contribution is 7.98. The van der Waals surface area contributed by atoms with Crippen molar-refractivity contribution in [3.63, 3.8) is 0 Å². The minimum atomic E-state index is 0.690. The summed E-state index contributed by atoms with van der Waals surface area (Å²) in [5.41, 5.74) is 3.70. The van der Waals surface area contributed by atoms with Gasteiger partial charge in [0.15, 0.2) is 0 Å². The molecule has 0 atom stereocenters. The topological polar surface area (TPSA) is 29.9 Å². The maximum atomic E-state index is 4.39. The molecule has 1 aromatic heterocycles. The van der Waals surface area contributed by atoms with Crippen molar-refractivity contribution in [2.75, 3.05) is 6.54 Å². The first-order valence-corrected chi connectivity index (χ1v) is 8.45. The minimum absolute atomic E-state index is 0.690. The highest BCUT2D eigenvalue weighted by Crippen LogP contribution is 2.23. The molecule has 1 aromatic carbocycles. The van der Waals surface area contributed by atoms with E-state index in [1.54, 1.807) is 0 Å². The zero-order valence-corrected chi connectivity index (χ0v) is 14.2. The van der Waals surface area contributed by atoms with Gasteiger partial charge in [0.2, 0.25) is 0 Å². The Morgan fingerprint density at radius 2 is 2.10 bits per heavy atom. The molecule has 0 bridgehead atoms. The zero-order chi connectivity index (χ0) is 15.2. The van der Waals surface area contributed by atoms with Crippen LogP contribution >= 0.6 is 11.8 Å². The Balaban J connectivity index is 1.90. The Kier molecular flexibility index (Phi) is 5.88. The molecule has 2 aromatic rings. The van der Waals surface area contributed by atoms with Crippen LogP contribution < -0.4 is 5.32 Å². The van der Waals surface area contributed by atoms with Crippen LogP contribution in [0.4, 0.5) is 0 Å². The Morgan fingerprint density at radius 1 is 1.29 bits per heavy atom. The van der Waals surface area contributed by atoms with Gasteiger partial charge in [-0.1, -0.05) is 26.0 Å². The number of aromatic nitrogens is 2. The summed E-state index contributed by atoms with van der Waals surface area (Å²) >= 11 is 1.87. The number of thioether (sulfide) groups is 1. The van der Waals surface area contributed by atoms with E-state index in [1.165, 1.54) is 16.2 Å². The van der Waals surface area contributed by atoms with Crippen LogP contribution in [0, 0.1) is 12.8 Å². The Bertz CT molecular complexity index is 575. The van der Waals surface area contributed by atoms with Crippen molar-refractivity contribution < 1.29 is 0 Å². The van der Waals surface area contributed by atoms with Crippen LogP contribution in [0.25, 0.3) is 0 Å². The molecule has 1 N–H and O–H groups in total. The molecule has 0 spiro atoms. The first-order chi connectivity index (χ1) is 10.0. The largest absolute Gasteiger partial charge is 0.312 e. The SMILES string of the molecule is Cc1cc(CSc2cccc(CNCC(C)C)c2)n(C)n1. The molecule has 0 amide bonds. The third-order valence-corrected chi connectivity index (χ3v) is 4.29. The molecule has 0 aliphatic rings. The molecule has 2 rings (SSSR count). The molecule has 0 aliphatic carbocycles. The fourth-order valence-corrected chi connectivity index (χ4v) is 3.20. The van der Waals surface area contributed by atoms with E-state index >= 15 is 0 Å². The summed E-state index contributed by atoms with van der Waals surface area (Å²) in [5.74, 6) is 1.65. The lowest BCUT2D eigenvalue weighted by atomic mass is 10.2. The van der Waals surface area contributed by atoms with Crippen molar-refractivity contribution in [3.8, 4) is 0 Å². The predicted octanol–water partition coefficient (Wildman–Crippen LogP) is 3.77. The third kappa shape index (κ3) is 5.21. The van der Waals surface area contributed by atoms with Gasteiger partial charge in [-0.25, -0.2) is 0 Å². The number of nitrogens with one attached hydrogen (secondary N) is 1. The van der Waals surface area contributed by atoms with Crippen LogP contribution in [0.1, 0.15) is 30.8 Å². The summed E-state index contributed by atoms with van der Waals surface area (Å²) in [5, 5.41) is 7.88. The second kappa shape index (κ2) is 7.66. The molecule has 3 nitrogen and oxygen atoms in total. The first-order valence-electron chi connectivity index (χ1n) is 7.46. The molecule has 114 valence electrons. The standard InChI is InChI=1S/C17H25N3S/c1-13(2)10-18-11-15-6-5-7-17(9-15)21-12-16-8-14(3)19-20(16)4/h5-9,13,18H,10-12H2,1-4H3. The molecule has 1 heterocycles. The fourth-order valence-electron chi connectivity index (χ4n) is 2.21. The molecule has 0 aliphatic heterocycles. The van der Waals surface area contributed by atoms with Crippen LogP contribution in [0.2, 0.25) is 0 Å². The summed E-state index contributed by atoms with van der Waals surface area (Å²) < 4.78 is 1.97. The van der Waals surface area contributed by atoms with Gasteiger partial charge in [-0.2, -0.15) is 5.10 Å². The Labute approximate surface area is 132 Å². The van der Waals surface area contributed by atoms with Gasteiger partial charge in [-0.15, -0.1) is 11.8 Å². The molecule has 0 unspecified atom stereocenters. The lowest BCUT2D eigenvalue weighted by Crippen LogP contribution is -2.18. The van der Waals surface area contributed by atoms with E-state index in [0.29, 0.717) is 5.92 Å². The van der Waals surface area contributed by atoms with Gasteiger partial charge in [0.1, 0.15) is 0 Å². The molecule has 0 radical (unpaired) electrons. The lowest BCUT2D eigenvalue weighted by Gasteiger charge is -2.09. The lowest BCUT2D eigenvalue weighted by molar-refractivity contribution is 0.552. The average molecular weight is 303 g/mol. The van der Waals surface area contributed by atoms with Crippen LogP contribution in [0.3, 0.4) is 0 Å². The molecule has 21 heavy (non-hydrogen) atoms. The highest BCUT2D eigenvalue weighted by Gasteiger charge is 2.04. The average Bonchev–Trinajstić information content (AvgIpc) is 2.75. The van der Waals surface area contributed by atoms with E-state index in [2.05, 4.69) is 54.6 Å².